The molecule has 0 spiro atoms. The van der Waals surface area contributed by atoms with Gasteiger partial charge < -0.3 is 5.43 Å². The lowest BCUT2D eigenvalue weighted by atomic mass is 9.79. The van der Waals surface area contributed by atoms with Gasteiger partial charge in [-0.05, 0) is 18.9 Å². The van der Waals surface area contributed by atoms with Crippen LogP contribution in [0.1, 0.15) is 27.7 Å². The molecule has 19 heavy (non-hydrogen) atoms. The van der Waals surface area contributed by atoms with E-state index < -0.39 is 0 Å². The summed E-state index contributed by atoms with van der Waals surface area (Å²) in [6, 6.07) is 0. The van der Waals surface area contributed by atoms with Gasteiger partial charge in [-0.1, -0.05) is 66.7 Å². The molecule has 0 radical (unpaired) electrons. The predicted molar refractivity (Wildman–Crippen MR) is 90.4 cm³/mol. The summed E-state index contributed by atoms with van der Waals surface area (Å²) in [7, 11) is 5.40. The van der Waals surface area contributed by atoms with E-state index in [0.717, 1.165) is 0 Å². The van der Waals surface area contributed by atoms with Gasteiger partial charge in [-0.25, -0.2) is 5.43 Å². The van der Waals surface area contributed by atoms with Crippen molar-refractivity contribution in [2.75, 3.05) is 7.05 Å². The second-order valence-corrected chi connectivity index (χ2v) is 7.55. The second-order valence-electron chi connectivity index (χ2n) is 5.10. The quantitative estimate of drug-likeness (QED) is 0.551. The molecule has 0 aromatic heterocycles. The number of allylic oxidation sites excluding steroid dienone is 6. The fourth-order valence-electron chi connectivity index (χ4n) is 1.48. The summed E-state index contributed by atoms with van der Waals surface area (Å²) in [6.07, 6.45) is 13.2. The van der Waals surface area contributed by atoms with Crippen LogP contribution < -0.4 is 10.9 Å². The molecule has 0 amide bonds. The lowest BCUT2D eigenvalue weighted by molar-refractivity contribution is 0.383. The van der Waals surface area contributed by atoms with Crippen LogP contribution in [0.15, 0.2) is 46.4 Å². The molecule has 0 fully saturated rings. The third-order valence-corrected chi connectivity index (χ3v) is 5.80. The van der Waals surface area contributed by atoms with Gasteiger partial charge in [0.25, 0.3) is 0 Å². The molecule has 2 nitrogen and oxygen atoms in total. The lowest BCUT2D eigenvalue weighted by Crippen LogP contribution is -2.20. The summed E-state index contributed by atoms with van der Waals surface area (Å²) in [6.45, 7) is 8.90. The Kier molecular flexibility index (Phi) is 6.83. The minimum absolute atomic E-state index is 0.155. The van der Waals surface area contributed by atoms with E-state index in [0.29, 0.717) is 5.92 Å². The summed E-state index contributed by atoms with van der Waals surface area (Å²) < 4.78 is 0. The summed E-state index contributed by atoms with van der Waals surface area (Å²) in [5.74, 6) is 0.604. The van der Waals surface area contributed by atoms with Crippen molar-refractivity contribution in [3.05, 3.63) is 46.4 Å². The molecule has 0 bridgehead atoms. The van der Waals surface area contributed by atoms with Gasteiger partial charge in [-0.3, -0.25) is 0 Å². The van der Waals surface area contributed by atoms with Crippen molar-refractivity contribution in [3.8, 4) is 0 Å². The van der Waals surface area contributed by atoms with E-state index in [1.807, 2.05) is 13.2 Å². The molecule has 106 valence electrons. The summed E-state index contributed by atoms with van der Waals surface area (Å²) in [4.78, 5) is 2.51. The average molecular weight is 297 g/mol. The van der Waals surface area contributed by atoms with Crippen molar-refractivity contribution >= 4 is 21.6 Å². The molecule has 4 heteroatoms. The van der Waals surface area contributed by atoms with Crippen molar-refractivity contribution < 1.29 is 0 Å². The molecule has 2 N–H and O–H groups in total. The minimum Gasteiger partial charge on any atom is -0.328 e. The van der Waals surface area contributed by atoms with Crippen LogP contribution in [0.4, 0.5) is 0 Å². The van der Waals surface area contributed by atoms with E-state index in [2.05, 4.69) is 68.9 Å². The average Bonchev–Trinajstić information content (AvgIpc) is 2.57. The highest BCUT2D eigenvalue weighted by molar-refractivity contribution is 8.79. The molecule has 0 aliphatic heterocycles. The van der Waals surface area contributed by atoms with Crippen molar-refractivity contribution in [2.24, 2.45) is 11.3 Å². The van der Waals surface area contributed by atoms with Crippen LogP contribution >= 0.6 is 21.6 Å². The highest BCUT2D eigenvalue weighted by Gasteiger charge is 2.22. The molecule has 1 aliphatic carbocycles. The van der Waals surface area contributed by atoms with E-state index in [1.54, 1.807) is 21.6 Å². The lowest BCUT2D eigenvalue weighted by Gasteiger charge is -2.26. The van der Waals surface area contributed by atoms with Crippen LogP contribution in [0.5, 0.6) is 0 Å². The van der Waals surface area contributed by atoms with Gasteiger partial charge in [0.05, 0.1) is 0 Å². The highest BCUT2D eigenvalue weighted by Crippen LogP contribution is 2.39. The van der Waals surface area contributed by atoms with Gasteiger partial charge in [-0.2, -0.15) is 0 Å². The largest absolute Gasteiger partial charge is 0.328 e. The smallest absolute Gasteiger partial charge is 0.0226 e. The van der Waals surface area contributed by atoms with Gasteiger partial charge in [0, 0.05) is 28.5 Å². The fraction of sp³-hybridized carbons (Fsp3) is 0.467. The fourth-order valence-corrected chi connectivity index (χ4v) is 3.23. The Morgan fingerprint density at radius 2 is 2.11 bits per heavy atom. The van der Waals surface area contributed by atoms with Crippen LogP contribution in [0.25, 0.3) is 0 Å². The number of hydrogen-bond acceptors (Lipinski definition) is 4. The molecule has 0 aromatic rings. The van der Waals surface area contributed by atoms with Gasteiger partial charge >= 0.3 is 0 Å². The van der Waals surface area contributed by atoms with Crippen LogP contribution in [-0.4, -0.2) is 7.05 Å². The predicted octanol–water partition coefficient (Wildman–Crippen LogP) is 4.63. The number of rotatable bonds is 6. The maximum Gasteiger partial charge on any atom is 0.0226 e. The Hall–Kier alpha value is -0.580. The monoisotopic (exact) mass is 296 g/mol. The van der Waals surface area contributed by atoms with Gasteiger partial charge in [0.15, 0.2) is 0 Å². The van der Waals surface area contributed by atoms with Crippen molar-refractivity contribution in [2.45, 2.75) is 27.7 Å². The maximum atomic E-state index is 2.98. The van der Waals surface area contributed by atoms with E-state index in [1.165, 1.54) is 9.81 Å². The standard InChI is InChI=1S/C15H24N2S2/c1-12(2)15(4)9-6-7-14(8-10-15)19-18-13(3)11-17-16-5/h6-12,16-17H,1-5H3/b13-11+. The third-order valence-electron chi connectivity index (χ3n) is 3.26. The third kappa shape index (κ3) is 5.51. The SMILES string of the molecule is CNN/C=C(\C)SSC1=CC=CC(C)(C(C)C)C=C1. The molecule has 0 saturated carbocycles. The van der Waals surface area contributed by atoms with Gasteiger partial charge in [0.1, 0.15) is 0 Å². The molecular weight excluding hydrogens is 272 g/mol. The van der Waals surface area contributed by atoms with Crippen molar-refractivity contribution in [3.63, 3.8) is 0 Å². The van der Waals surface area contributed by atoms with Crippen LogP contribution in [0, 0.1) is 11.3 Å². The first-order chi connectivity index (χ1) is 8.98. The number of hydrazine groups is 1. The van der Waals surface area contributed by atoms with Crippen LogP contribution in [0.3, 0.4) is 0 Å². The van der Waals surface area contributed by atoms with E-state index in [-0.39, 0.29) is 5.41 Å². The number of nitrogens with one attached hydrogen (secondary N) is 2. The van der Waals surface area contributed by atoms with Crippen molar-refractivity contribution in [1.82, 2.24) is 10.9 Å². The van der Waals surface area contributed by atoms with Crippen molar-refractivity contribution in [1.29, 1.82) is 0 Å². The normalized spacial score (nSPS) is 23.5. The Labute approximate surface area is 125 Å². The summed E-state index contributed by atoms with van der Waals surface area (Å²) in [5.41, 5.74) is 6.01. The Bertz CT molecular complexity index is 408. The zero-order valence-corrected chi connectivity index (χ0v) is 14.0. The number of hydrogen-bond donors (Lipinski definition) is 2. The molecule has 1 aliphatic rings. The maximum absolute atomic E-state index is 2.98. The first-order valence-corrected chi connectivity index (χ1v) is 8.65. The van der Waals surface area contributed by atoms with Crippen LogP contribution in [-0.2, 0) is 0 Å². The second kappa shape index (κ2) is 7.88. The molecule has 0 saturated heterocycles. The molecule has 1 atom stereocenters. The highest BCUT2D eigenvalue weighted by atomic mass is 33.1. The first-order valence-electron chi connectivity index (χ1n) is 6.50. The van der Waals surface area contributed by atoms with Gasteiger partial charge in [-0.15, -0.1) is 0 Å². The molecule has 0 heterocycles. The van der Waals surface area contributed by atoms with E-state index >= 15 is 0 Å². The molecule has 1 unspecified atom stereocenters. The van der Waals surface area contributed by atoms with Crippen LogP contribution in [0.2, 0.25) is 0 Å². The Balaban J connectivity index is 2.59. The molecule has 0 aromatic carbocycles. The zero-order chi connectivity index (χ0) is 14.3. The summed E-state index contributed by atoms with van der Waals surface area (Å²) in [5, 5.41) is 0. The molecule has 1 rings (SSSR count). The van der Waals surface area contributed by atoms with E-state index in [9.17, 15) is 0 Å². The summed E-state index contributed by atoms with van der Waals surface area (Å²) >= 11 is 0. The zero-order valence-electron chi connectivity index (χ0n) is 12.4. The van der Waals surface area contributed by atoms with Gasteiger partial charge in [0.2, 0.25) is 0 Å². The Morgan fingerprint density at radius 3 is 2.74 bits per heavy atom. The topological polar surface area (TPSA) is 24.1 Å². The first kappa shape index (κ1) is 16.5. The Morgan fingerprint density at radius 1 is 1.37 bits per heavy atom. The van der Waals surface area contributed by atoms with E-state index in [4.69, 9.17) is 0 Å². The minimum atomic E-state index is 0.155. The molecular formula is C15H24N2S2.